The Morgan fingerprint density at radius 1 is 1.08 bits per heavy atom. The molecule has 5 rings (SSSR count). The van der Waals surface area contributed by atoms with Crippen molar-refractivity contribution in [2.75, 3.05) is 44.0 Å². The van der Waals surface area contributed by atoms with Crippen molar-refractivity contribution in [3.63, 3.8) is 0 Å². The molecule has 38 heavy (non-hydrogen) atoms. The van der Waals surface area contributed by atoms with Crippen LogP contribution in [0.1, 0.15) is 29.6 Å². The molecule has 8 heteroatoms. The first-order valence-corrected chi connectivity index (χ1v) is 13.8. The molecule has 1 aromatic heterocycles. The fourth-order valence-electron chi connectivity index (χ4n) is 4.96. The summed E-state index contributed by atoms with van der Waals surface area (Å²) in [4.78, 5) is 30.8. The molecule has 2 N–H and O–H groups in total. The number of carbonyl (C=O) groups excluding carboxylic acids is 2. The largest absolute Gasteiger partial charge is 0.385 e. The number of nitrogens with zero attached hydrogens (tertiary/aromatic N) is 2. The van der Waals surface area contributed by atoms with Gasteiger partial charge in [0.1, 0.15) is 0 Å². The van der Waals surface area contributed by atoms with Crippen LogP contribution in [0, 0.1) is 5.92 Å². The van der Waals surface area contributed by atoms with Crippen molar-refractivity contribution < 1.29 is 14.3 Å². The fourth-order valence-corrected chi connectivity index (χ4v) is 6.03. The van der Waals surface area contributed by atoms with Gasteiger partial charge in [-0.05, 0) is 55.5 Å². The number of pyridine rings is 1. The smallest absolute Gasteiger partial charge is 0.227 e. The second kappa shape index (κ2) is 12.4. The summed E-state index contributed by atoms with van der Waals surface area (Å²) in [6.07, 6.45) is 5.12. The normalized spacial score (nSPS) is 14.6. The van der Waals surface area contributed by atoms with E-state index in [4.69, 9.17) is 4.74 Å². The maximum atomic E-state index is 13.3. The van der Waals surface area contributed by atoms with Gasteiger partial charge in [0.15, 0.2) is 6.29 Å². The predicted octanol–water partition coefficient (Wildman–Crippen LogP) is 6.01. The minimum Gasteiger partial charge on any atom is -0.385 e. The lowest BCUT2D eigenvalue weighted by Gasteiger charge is -2.30. The van der Waals surface area contributed by atoms with E-state index in [1.165, 1.54) is 0 Å². The van der Waals surface area contributed by atoms with E-state index < -0.39 is 0 Å². The minimum atomic E-state index is -0.0614. The van der Waals surface area contributed by atoms with Crippen molar-refractivity contribution in [1.29, 1.82) is 0 Å². The number of methoxy groups -OCH3 is 1. The van der Waals surface area contributed by atoms with Crippen LogP contribution in [0.5, 0.6) is 0 Å². The fraction of sp³-hybridized carbons (Fsp3) is 0.300. The first kappa shape index (κ1) is 26.2. The van der Waals surface area contributed by atoms with Gasteiger partial charge in [0.25, 0.3) is 0 Å². The minimum absolute atomic E-state index is 0.0279. The third-order valence-electron chi connectivity index (χ3n) is 6.95. The summed E-state index contributed by atoms with van der Waals surface area (Å²) in [7, 11) is 1.68. The van der Waals surface area contributed by atoms with Crippen LogP contribution in [0.25, 0.3) is 21.7 Å². The molecule has 0 aliphatic carbocycles. The quantitative estimate of drug-likeness (QED) is 0.148. The summed E-state index contributed by atoms with van der Waals surface area (Å²) in [6, 6.07) is 19.8. The van der Waals surface area contributed by atoms with Crippen LogP contribution in [-0.2, 0) is 9.53 Å². The van der Waals surface area contributed by atoms with Gasteiger partial charge >= 0.3 is 0 Å². The molecule has 0 unspecified atom stereocenters. The summed E-state index contributed by atoms with van der Waals surface area (Å²) >= 11 is 1.72. The lowest BCUT2D eigenvalue weighted by atomic mass is 9.96. The van der Waals surface area contributed by atoms with Crippen LogP contribution in [0.3, 0.4) is 0 Å². The lowest BCUT2D eigenvalue weighted by molar-refractivity contribution is -0.120. The molecule has 0 saturated carbocycles. The molecule has 1 aliphatic heterocycles. The van der Waals surface area contributed by atoms with Crippen molar-refractivity contribution in [3.8, 4) is 0 Å². The molecular formula is C30H32N4O3S. The average Bonchev–Trinajstić information content (AvgIpc) is 2.96. The molecule has 3 aromatic carbocycles. The van der Waals surface area contributed by atoms with Crippen molar-refractivity contribution in [1.82, 2.24) is 9.29 Å². The SMILES string of the molecule is COCCCNc1ccc(NC(=O)C2CCN(Sc3cccc4cccnc34)CC2)c2cccc(C=O)c12. The van der Waals surface area contributed by atoms with Gasteiger partial charge in [-0.2, -0.15) is 0 Å². The van der Waals surface area contributed by atoms with Crippen LogP contribution in [0.4, 0.5) is 11.4 Å². The van der Waals surface area contributed by atoms with E-state index in [-0.39, 0.29) is 11.8 Å². The molecule has 7 nitrogen and oxygen atoms in total. The first-order chi connectivity index (χ1) is 18.7. The number of amides is 1. The molecule has 4 aromatic rings. The summed E-state index contributed by atoms with van der Waals surface area (Å²) in [5.41, 5.74) is 3.22. The Morgan fingerprint density at radius 2 is 1.87 bits per heavy atom. The number of fused-ring (bicyclic) bond motifs is 2. The van der Waals surface area contributed by atoms with E-state index in [9.17, 15) is 9.59 Å². The Balaban J connectivity index is 1.25. The number of ether oxygens (including phenoxy) is 1. The number of carbonyl (C=O) groups is 2. The zero-order valence-electron chi connectivity index (χ0n) is 21.5. The molecule has 0 bridgehead atoms. The van der Waals surface area contributed by atoms with Gasteiger partial charge < -0.3 is 15.4 Å². The molecule has 1 amide bonds. The third-order valence-corrected chi connectivity index (χ3v) is 8.10. The van der Waals surface area contributed by atoms with E-state index >= 15 is 0 Å². The molecule has 0 spiro atoms. The van der Waals surface area contributed by atoms with E-state index in [1.807, 2.05) is 36.5 Å². The van der Waals surface area contributed by atoms with Crippen LogP contribution in [-0.4, -0.2) is 54.8 Å². The van der Waals surface area contributed by atoms with E-state index in [1.54, 1.807) is 25.1 Å². The van der Waals surface area contributed by atoms with Crippen molar-refractivity contribution in [2.45, 2.75) is 24.2 Å². The maximum absolute atomic E-state index is 13.3. The number of benzene rings is 3. The van der Waals surface area contributed by atoms with E-state index in [0.29, 0.717) is 12.2 Å². The first-order valence-electron chi connectivity index (χ1n) is 13.0. The highest BCUT2D eigenvalue weighted by Crippen LogP contribution is 2.35. The molecule has 2 heterocycles. The zero-order valence-corrected chi connectivity index (χ0v) is 22.3. The monoisotopic (exact) mass is 528 g/mol. The number of para-hydroxylation sites is 1. The highest BCUT2D eigenvalue weighted by Gasteiger charge is 2.26. The van der Waals surface area contributed by atoms with Crippen LogP contribution in [0.2, 0.25) is 0 Å². The summed E-state index contributed by atoms with van der Waals surface area (Å²) < 4.78 is 7.46. The van der Waals surface area contributed by atoms with E-state index in [2.05, 4.69) is 44.2 Å². The van der Waals surface area contributed by atoms with Crippen LogP contribution in [0.15, 0.2) is 71.8 Å². The molecule has 196 valence electrons. The Hall–Kier alpha value is -3.46. The Bertz CT molecular complexity index is 1430. The number of nitrogens with one attached hydrogen (secondary N) is 2. The Labute approximate surface area is 227 Å². The highest BCUT2D eigenvalue weighted by atomic mass is 32.2. The van der Waals surface area contributed by atoms with Crippen LogP contribution >= 0.6 is 11.9 Å². The van der Waals surface area contributed by atoms with Gasteiger partial charge in [-0.1, -0.05) is 36.4 Å². The van der Waals surface area contributed by atoms with Crippen molar-refractivity contribution in [3.05, 3.63) is 72.4 Å². The Kier molecular flexibility index (Phi) is 8.53. The topological polar surface area (TPSA) is 83.6 Å². The highest BCUT2D eigenvalue weighted by molar-refractivity contribution is 7.97. The second-order valence-electron chi connectivity index (χ2n) is 9.44. The third kappa shape index (κ3) is 5.83. The van der Waals surface area contributed by atoms with Gasteiger partial charge in [-0.15, -0.1) is 0 Å². The zero-order chi connectivity index (χ0) is 26.3. The summed E-state index contributed by atoms with van der Waals surface area (Å²) in [5, 5.41) is 9.39. The van der Waals surface area contributed by atoms with Crippen molar-refractivity contribution >= 4 is 57.2 Å². The van der Waals surface area contributed by atoms with Gasteiger partial charge in [0, 0.05) is 83.5 Å². The number of piperidine rings is 1. The van der Waals surface area contributed by atoms with Gasteiger partial charge in [0.05, 0.1) is 5.52 Å². The number of aldehydes is 1. The predicted molar refractivity (Wildman–Crippen MR) is 155 cm³/mol. The Morgan fingerprint density at radius 3 is 2.68 bits per heavy atom. The molecule has 1 fully saturated rings. The molecule has 0 radical (unpaired) electrons. The van der Waals surface area contributed by atoms with Gasteiger partial charge in [-0.25, -0.2) is 4.31 Å². The molecule has 0 atom stereocenters. The number of hydrogen-bond acceptors (Lipinski definition) is 7. The maximum Gasteiger partial charge on any atom is 0.227 e. The summed E-state index contributed by atoms with van der Waals surface area (Å²) in [5.74, 6) is -0.0336. The van der Waals surface area contributed by atoms with Gasteiger partial charge in [0.2, 0.25) is 5.91 Å². The van der Waals surface area contributed by atoms with Crippen molar-refractivity contribution in [2.24, 2.45) is 5.92 Å². The number of aromatic nitrogens is 1. The molecule has 1 aliphatic rings. The lowest BCUT2D eigenvalue weighted by Crippen LogP contribution is -2.34. The average molecular weight is 529 g/mol. The number of hydrogen-bond donors (Lipinski definition) is 2. The summed E-state index contributed by atoms with van der Waals surface area (Å²) in [6.45, 7) is 3.04. The van der Waals surface area contributed by atoms with E-state index in [0.717, 1.165) is 83.1 Å². The number of rotatable bonds is 10. The molecule has 1 saturated heterocycles. The second-order valence-corrected chi connectivity index (χ2v) is 10.6. The molecular weight excluding hydrogens is 496 g/mol. The standard InChI is InChI=1S/C30H32N4O3S/c1-37-19-5-16-31-26-12-11-25(24-9-2-7-23(20-35)28(24)26)33-30(36)22-13-17-34(18-14-22)38-27-10-3-6-21-8-4-15-32-29(21)27/h2-4,6-12,15,20,22,31H,5,13-14,16-19H2,1H3,(H,33,36). The van der Waals surface area contributed by atoms with Crippen LogP contribution < -0.4 is 10.6 Å². The van der Waals surface area contributed by atoms with Gasteiger partial charge in [-0.3, -0.25) is 14.6 Å². The number of anilines is 2.